The Balaban J connectivity index is 1.36. The summed E-state index contributed by atoms with van der Waals surface area (Å²) in [6.45, 7) is 2.40. The van der Waals surface area contributed by atoms with Gasteiger partial charge < -0.3 is 15.4 Å². The minimum absolute atomic E-state index is 0.150. The molecule has 2 N–H and O–H groups in total. The van der Waals surface area contributed by atoms with Gasteiger partial charge in [-0.25, -0.2) is 8.42 Å². The summed E-state index contributed by atoms with van der Waals surface area (Å²) in [5.74, 6) is 0.358. The molecule has 2 heterocycles. The van der Waals surface area contributed by atoms with E-state index in [4.69, 9.17) is 27.9 Å². The largest absolute Gasteiger partial charge is 0.490 e. The number of ether oxygens (including phenoxy) is 1. The molecule has 2 fully saturated rings. The molecule has 2 aliphatic heterocycles. The lowest BCUT2D eigenvalue weighted by Crippen LogP contribution is -2.38. The lowest BCUT2D eigenvalue weighted by molar-refractivity contribution is 0.0939. The third kappa shape index (κ3) is 5.38. The first kappa shape index (κ1) is 23.3. The van der Waals surface area contributed by atoms with E-state index < -0.39 is 10.0 Å². The monoisotopic (exact) mass is 497 g/mol. The molecular weight excluding hydrogens is 473 g/mol. The molecule has 10 heteroatoms. The van der Waals surface area contributed by atoms with Crippen molar-refractivity contribution in [3.63, 3.8) is 0 Å². The number of nitrogens with one attached hydrogen (secondary N) is 2. The third-order valence-corrected chi connectivity index (χ3v) is 8.34. The molecule has 2 aromatic rings. The minimum Gasteiger partial charge on any atom is -0.490 e. The van der Waals surface area contributed by atoms with E-state index in [2.05, 4.69) is 10.6 Å². The lowest BCUT2D eigenvalue weighted by atomic mass is 10.1. The highest BCUT2D eigenvalue weighted by atomic mass is 35.5. The van der Waals surface area contributed by atoms with Gasteiger partial charge in [-0.05, 0) is 74.8 Å². The molecule has 2 saturated heterocycles. The standard InChI is InChI=1S/C22H25Cl2N3O4S/c23-20-6-1-15(13-21(20)24)22(28)26-16-9-12-27(14-16)32(29,30)19-4-2-17(3-5-19)31-18-7-10-25-11-8-18/h1-6,13,16,18,25H,7-12,14H2,(H,26,28)/t16-/m0/s1. The van der Waals surface area contributed by atoms with Gasteiger partial charge in [-0.15, -0.1) is 0 Å². The highest BCUT2D eigenvalue weighted by molar-refractivity contribution is 7.89. The normalized spacial score (nSPS) is 20.2. The Bertz CT molecular complexity index is 1070. The second-order valence-corrected chi connectivity index (χ2v) is 10.7. The van der Waals surface area contributed by atoms with Crippen LogP contribution in [-0.4, -0.2) is 57.0 Å². The highest BCUT2D eigenvalue weighted by Gasteiger charge is 2.33. The summed E-state index contributed by atoms with van der Waals surface area (Å²) in [5.41, 5.74) is 0.380. The third-order valence-electron chi connectivity index (χ3n) is 5.72. The number of carbonyl (C=O) groups excluding carboxylic acids is 1. The fourth-order valence-corrected chi connectivity index (χ4v) is 5.71. The van der Waals surface area contributed by atoms with Crippen LogP contribution in [0.1, 0.15) is 29.6 Å². The molecule has 1 atom stereocenters. The summed E-state index contributed by atoms with van der Waals surface area (Å²) in [7, 11) is -3.66. The summed E-state index contributed by atoms with van der Waals surface area (Å²) in [4.78, 5) is 12.7. The number of hydrogen-bond acceptors (Lipinski definition) is 5. The first-order chi connectivity index (χ1) is 15.3. The van der Waals surface area contributed by atoms with Crippen LogP contribution in [0.2, 0.25) is 10.0 Å². The SMILES string of the molecule is O=C(N[C@H]1CCN(S(=O)(=O)c2ccc(OC3CCNCC3)cc2)C1)c1ccc(Cl)c(Cl)c1. The van der Waals surface area contributed by atoms with E-state index in [1.54, 1.807) is 36.4 Å². The summed E-state index contributed by atoms with van der Waals surface area (Å²) < 4.78 is 33.5. The van der Waals surface area contributed by atoms with Gasteiger partial charge in [0.25, 0.3) is 5.91 Å². The molecule has 172 valence electrons. The maximum Gasteiger partial charge on any atom is 0.251 e. The molecule has 2 aliphatic rings. The number of nitrogens with zero attached hydrogens (tertiary/aromatic N) is 1. The molecular formula is C22H25Cl2N3O4S. The lowest BCUT2D eigenvalue weighted by Gasteiger charge is -2.24. The predicted molar refractivity (Wildman–Crippen MR) is 124 cm³/mol. The molecule has 32 heavy (non-hydrogen) atoms. The van der Waals surface area contributed by atoms with Crippen LogP contribution in [0.15, 0.2) is 47.4 Å². The number of hydrogen-bond donors (Lipinski definition) is 2. The molecule has 0 unspecified atom stereocenters. The van der Waals surface area contributed by atoms with E-state index in [0.717, 1.165) is 25.9 Å². The van der Waals surface area contributed by atoms with Crippen LogP contribution < -0.4 is 15.4 Å². The summed E-state index contributed by atoms with van der Waals surface area (Å²) in [6.07, 6.45) is 2.55. The Morgan fingerprint density at radius 3 is 2.44 bits per heavy atom. The number of rotatable bonds is 6. The average Bonchev–Trinajstić information content (AvgIpc) is 3.26. The van der Waals surface area contributed by atoms with Crippen LogP contribution in [0.25, 0.3) is 0 Å². The predicted octanol–water partition coefficient (Wildman–Crippen LogP) is 3.32. The van der Waals surface area contributed by atoms with Gasteiger partial charge in [0.05, 0.1) is 14.9 Å². The molecule has 7 nitrogen and oxygen atoms in total. The summed E-state index contributed by atoms with van der Waals surface area (Å²) >= 11 is 11.9. The van der Waals surface area contributed by atoms with Gasteiger partial charge in [0.1, 0.15) is 11.9 Å². The smallest absolute Gasteiger partial charge is 0.251 e. The quantitative estimate of drug-likeness (QED) is 0.638. The van der Waals surface area contributed by atoms with Crippen molar-refractivity contribution in [3.8, 4) is 5.75 Å². The van der Waals surface area contributed by atoms with E-state index in [1.165, 1.54) is 10.4 Å². The van der Waals surface area contributed by atoms with E-state index in [0.29, 0.717) is 34.3 Å². The van der Waals surface area contributed by atoms with Gasteiger partial charge in [0.2, 0.25) is 10.0 Å². The number of sulfonamides is 1. The maximum atomic E-state index is 13.1. The summed E-state index contributed by atoms with van der Waals surface area (Å²) in [5, 5.41) is 6.83. The van der Waals surface area contributed by atoms with Crippen LogP contribution in [0.5, 0.6) is 5.75 Å². The van der Waals surface area contributed by atoms with Gasteiger partial charge in [-0.2, -0.15) is 4.31 Å². The Kier molecular flexibility index (Phi) is 7.27. The molecule has 0 spiro atoms. The highest BCUT2D eigenvalue weighted by Crippen LogP contribution is 2.25. The van der Waals surface area contributed by atoms with E-state index in [-0.39, 0.29) is 29.5 Å². The van der Waals surface area contributed by atoms with Gasteiger partial charge in [-0.1, -0.05) is 23.2 Å². The van der Waals surface area contributed by atoms with Crippen LogP contribution in [0, 0.1) is 0 Å². The van der Waals surface area contributed by atoms with Crippen LogP contribution >= 0.6 is 23.2 Å². The first-order valence-electron chi connectivity index (χ1n) is 10.6. The molecule has 0 saturated carbocycles. The fraction of sp³-hybridized carbons (Fsp3) is 0.409. The van der Waals surface area contributed by atoms with Crippen molar-refractivity contribution < 1.29 is 17.9 Å². The number of halogens is 2. The van der Waals surface area contributed by atoms with Gasteiger partial charge in [0, 0.05) is 24.7 Å². The maximum absolute atomic E-state index is 13.1. The molecule has 4 rings (SSSR count). The van der Waals surface area contributed by atoms with Crippen molar-refractivity contribution in [2.45, 2.75) is 36.3 Å². The van der Waals surface area contributed by atoms with E-state index in [1.807, 2.05) is 0 Å². The van der Waals surface area contributed by atoms with Crippen LogP contribution in [0.3, 0.4) is 0 Å². The molecule has 1 amide bonds. The zero-order valence-corrected chi connectivity index (χ0v) is 19.7. The van der Waals surface area contributed by atoms with Crippen molar-refractivity contribution in [2.24, 2.45) is 0 Å². The van der Waals surface area contributed by atoms with Gasteiger partial charge in [-0.3, -0.25) is 4.79 Å². The Labute approximate surface area is 198 Å². The second-order valence-electron chi connectivity index (χ2n) is 7.99. The molecule has 2 aromatic carbocycles. The molecule has 0 aromatic heterocycles. The van der Waals surface area contributed by atoms with Gasteiger partial charge >= 0.3 is 0 Å². The topological polar surface area (TPSA) is 87.7 Å². The molecule has 0 radical (unpaired) electrons. The zero-order valence-electron chi connectivity index (χ0n) is 17.4. The van der Waals surface area contributed by atoms with Crippen molar-refractivity contribution in [1.82, 2.24) is 14.9 Å². The number of benzene rings is 2. The number of amides is 1. The molecule has 0 aliphatic carbocycles. The summed E-state index contributed by atoms with van der Waals surface area (Å²) in [6, 6.07) is 10.9. The van der Waals surface area contributed by atoms with Crippen molar-refractivity contribution in [2.75, 3.05) is 26.2 Å². The van der Waals surface area contributed by atoms with Crippen molar-refractivity contribution >= 4 is 39.1 Å². The first-order valence-corrected chi connectivity index (χ1v) is 12.8. The zero-order chi connectivity index (χ0) is 22.7. The van der Waals surface area contributed by atoms with E-state index in [9.17, 15) is 13.2 Å². The van der Waals surface area contributed by atoms with Gasteiger partial charge in [0.15, 0.2) is 0 Å². The number of carbonyl (C=O) groups is 1. The second kappa shape index (κ2) is 9.97. The van der Waals surface area contributed by atoms with Crippen LogP contribution in [-0.2, 0) is 10.0 Å². The fourth-order valence-electron chi connectivity index (χ4n) is 3.92. The van der Waals surface area contributed by atoms with Crippen molar-refractivity contribution in [1.29, 1.82) is 0 Å². The molecule has 0 bridgehead atoms. The average molecular weight is 498 g/mol. The Morgan fingerprint density at radius 1 is 1.03 bits per heavy atom. The van der Waals surface area contributed by atoms with E-state index >= 15 is 0 Å². The number of piperidine rings is 1. The minimum atomic E-state index is -3.66. The van der Waals surface area contributed by atoms with Crippen LogP contribution in [0.4, 0.5) is 0 Å². The Hall–Kier alpha value is -1.84. The Morgan fingerprint density at radius 2 is 1.75 bits per heavy atom. The van der Waals surface area contributed by atoms with Crippen molar-refractivity contribution in [3.05, 3.63) is 58.1 Å².